The van der Waals surface area contributed by atoms with E-state index in [2.05, 4.69) is 25.2 Å². The summed E-state index contributed by atoms with van der Waals surface area (Å²) in [5.41, 5.74) is 3.42. The van der Waals surface area contributed by atoms with Crippen LogP contribution in [0.4, 0.5) is 5.95 Å². The number of aromatic nitrogens is 3. The van der Waals surface area contributed by atoms with Crippen molar-refractivity contribution in [2.45, 2.75) is 20.4 Å². The molecule has 8 heteroatoms. The molecule has 1 fully saturated rings. The normalized spacial score (nSPS) is 14.1. The minimum atomic E-state index is -0.133. The highest BCUT2D eigenvalue weighted by Crippen LogP contribution is 2.27. The lowest BCUT2D eigenvalue weighted by Crippen LogP contribution is -2.37. The second-order valence-electron chi connectivity index (χ2n) is 6.88. The fourth-order valence-corrected chi connectivity index (χ4v) is 4.16. The Morgan fingerprint density at radius 1 is 1.14 bits per heavy atom. The Labute approximate surface area is 173 Å². The van der Waals surface area contributed by atoms with Crippen LogP contribution in [0.3, 0.4) is 0 Å². The number of nitrogens with one attached hydrogen (secondary N) is 1. The Hall–Kier alpha value is -2.84. The molecular weight excluding hydrogens is 386 g/mol. The molecule has 0 saturated carbocycles. The molecular formula is C21H23N5O2S. The minimum absolute atomic E-state index is 0.133. The second kappa shape index (κ2) is 8.67. The third-order valence-corrected chi connectivity index (χ3v) is 5.85. The molecule has 3 aromatic rings. The summed E-state index contributed by atoms with van der Waals surface area (Å²) in [5.74, 6) is 0.559. The van der Waals surface area contributed by atoms with Gasteiger partial charge in [0.1, 0.15) is 9.88 Å². The first-order valence-electron chi connectivity index (χ1n) is 9.58. The zero-order chi connectivity index (χ0) is 20.2. The third kappa shape index (κ3) is 4.60. The van der Waals surface area contributed by atoms with E-state index >= 15 is 0 Å². The van der Waals surface area contributed by atoms with E-state index < -0.39 is 0 Å². The quantitative estimate of drug-likeness (QED) is 0.698. The predicted molar refractivity (Wildman–Crippen MR) is 113 cm³/mol. The lowest BCUT2D eigenvalue weighted by atomic mass is 10.2. The minimum Gasteiger partial charge on any atom is -0.378 e. The van der Waals surface area contributed by atoms with Gasteiger partial charge in [-0.2, -0.15) is 0 Å². The number of benzene rings is 1. The van der Waals surface area contributed by atoms with Crippen LogP contribution in [0.25, 0.3) is 10.6 Å². The molecule has 4 rings (SSSR count). The van der Waals surface area contributed by atoms with Crippen molar-refractivity contribution in [2.24, 2.45) is 0 Å². The van der Waals surface area contributed by atoms with Gasteiger partial charge in [-0.3, -0.25) is 4.79 Å². The van der Waals surface area contributed by atoms with Gasteiger partial charge in [-0.15, -0.1) is 11.3 Å². The SMILES string of the molecule is Cc1cc(CNC(=O)c2sc(-c3ccccc3)nc2C)nc(N2CCOCC2)n1. The first-order valence-corrected chi connectivity index (χ1v) is 10.4. The molecule has 0 aliphatic carbocycles. The molecule has 3 heterocycles. The molecule has 0 atom stereocenters. The molecule has 7 nitrogen and oxygen atoms in total. The van der Waals surface area contributed by atoms with Gasteiger partial charge in [0, 0.05) is 24.3 Å². The number of hydrogen-bond donors (Lipinski definition) is 1. The van der Waals surface area contributed by atoms with Crippen molar-refractivity contribution in [1.82, 2.24) is 20.3 Å². The fourth-order valence-electron chi connectivity index (χ4n) is 3.17. The Kier molecular flexibility index (Phi) is 5.82. The molecule has 1 N–H and O–H groups in total. The first kappa shape index (κ1) is 19.5. The summed E-state index contributed by atoms with van der Waals surface area (Å²) in [5, 5.41) is 3.82. The number of thiazole rings is 1. The van der Waals surface area contributed by atoms with Gasteiger partial charge in [-0.1, -0.05) is 30.3 Å². The topological polar surface area (TPSA) is 80.2 Å². The molecule has 1 saturated heterocycles. The van der Waals surface area contributed by atoms with E-state index in [1.165, 1.54) is 11.3 Å². The van der Waals surface area contributed by atoms with E-state index in [4.69, 9.17) is 4.74 Å². The highest BCUT2D eigenvalue weighted by molar-refractivity contribution is 7.17. The average molecular weight is 410 g/mol. The molecule has 150 valence electrons. The zero-order valence-electron chi connectivity index (χ0n) is 16.5. The zero-order valence-corrected chi connectivity index (χ0v) is 17.3. The molecule has 1 aliphatic rings. The van der Waals surface area contributed by atoms with Crippen LogP contribution < -0.4 is 10.2 Å². The maximum atomic E-state index is 12.7. The van der Waals surface area contributed by atoms with Gasteiger partial charge in [-0.25, -0.2) is 15.0 Å². The van der Waals surface area contributed by atoms with Crippen molar-refractivity contribution >= 4 is 23.2 Å². The number of amides is 1. The molecule has 2 aromatic heterocycles. The molecule has 1 aliphatic heterocycles. The summed E-state index contributed by atoms with van der Waals surface area (Å²) in [6.45, 7) is 7.06. The van der Waals surface area contributed by atoms with E-state index in [-0.39, 0.29) is 5.91 Å². The summed E-state index contributed by atoms with van der Waals surface area (Å²) in [6, 6.07) is 11.8. The lowest BCUT2D eigenvalue weighted by molar-refractivity contribution is 0.0953. The number of aryl methyl sites for hydroxylation is 2. The van der Waals surface area contributed by atoms with E-state index in [1.807, 2.05) is 50.2 Å². The van der Waals surface area contributed by atoms with E-state index in [0.717, 1.165) is 40.7 Å². The monoisotopic (exact) mass is 409 g/mol. The maximum absolute atomic E-state index is 12.7. The molecule has 29 heavy (non-hydrogen) atoms. The highest BCUT2D eigenvalue weighted by atomic mass is 32.1. The Morgan fingerprint density at radius 3 is 2.66 bits per heavy atom. The summed E-state index contributed by atoms with van der Waals surface area (Å²) in [4.78, 5) is 29.2. The van der Waals surface area contributed by atoms with Crippen molar-refractivity contribution < 1.29 is 9.53 Å². The van der Waals surface area contributed by atoms with E-state index in [0.29, 0.717) is 30.6 Å². The van der Waals surface area contributed by atoms with Gasteiger partial charge in [0.2, 0.25) is 5.95 Å². The number of ether oxygens (including phenoxy) is 1. The number of anilines is 1. The van der Waals surface area contributed by atoms with Crippen molar-refractivity contribution in [1.29, 1.82) is 0 Å². The molecule has 1 amide bonds. The van der Waals surface area contributed by atoms with Crippen LogP contribution in [0.15, 0.2) is 36.4 Å². The Balaban J connectivity index is 1.46. The highest BCUT2D eigenvalue weighted by Gasteiger charge is 2.18. The summed E-state index contributed by atoms with van der Waals surface area (Å²) < 4.78 is 5.40. The summed E-state index contributed by atoms with van der Waals surface area (Å²) in [6.07, 6.45) is 0. The number of nitrogens with zero attached hydrogens (tertiary/aromatic N) is 4. The van der Waals surface area contributed by atoms with Gasteiger partial charge in [0.05, 0.1) is 31.1 Å². The van der Waals surface area contributed by atoms with Crippen LogP contribution in [0.5, 0.6) is 0 Å². The standard InChI is InChI=1S/C21H23N5O2S/c1-14-12-17(25-21(23-14)26-8-10-28-11-9-26)13-22-19(27)18-15(2)24-20(29-18)16-6-4-3-5-7-16/h3-7,12H,8-11,13H2,1-2H3,(H,22,27). The smallest absolute Gasteiger partial charge is 0.263 e. The number of morpholine rings is 1. The fraction of sp³-hybridized carbons (Fsp3) is 0.333. The van der Waals surface area contributed by atoms with Gasteiger partial charge in [0.25, 0.3) is 5.91 Å². The summed E-state index contributed by atoms with van der Waals surface area (Å²) in [7, 11) is 0. The van der Waals surface area contributed by atoms with Crippen LogP contribution in [0, 0.1) is 13.8 Å². The van der Waals surface area contributed by atoms with Crippen LogP contribution in [0.1, 0.15) is 26.8 Å². The predicted octanol–water partition coefficient (Wildman–Crippen LogP) is 2.98. The average Bonchev–Trinajstić information content (AvgIpc) is 3.15. The van der Waals surface area contributed by atoms with Gasteiger partial charge < -0.3 is 15.0 Å². The van der Waals surface area contributed by atoms with Crippen molar-refractivity contribution in [3.63, 3.8) is 0 Å². The molecule has 0 radical (unpaired) electrons. The molecule has 1 aromatic carbocycles. The summed E-state index contributed by atoms with van der Waals surface area (Å²) >= 11 is 1.41. The van der Waals surface area contributed by atoms with Crippen molar-refractivity contribution in [3.8, 4) is 10.6 Å². The van der Waals surface area contributed by atoms with Crippen molar-refractivity contribution in [3.05, 3.63) is 58.4 Å². The Bertz CT molecular complexity index is 1000. The van der Waals surface area contributed by atoms with Gasteiger partial charge in [0.15, 0.2) is 0 Å². The van der Waals surface area contributed by atoms with Gasteiger partial charge in [-0.05, 0) is 19.9 Å². The van der Waals surface area contributed by atoms with E-state index in [9.17, 15) is 4.79 Å². The third-order valence-electron chi connectivity index (χ3n) is 4.64. The van der Waals surface area contributed by atoms with Crippen LogP contribution in [-0.4, -0.2) is 47.2 Å². The van der Waals surface area contributed by atoms with E-state index in [1.54, 1.807) is 0 Å². The van der Waals surface area contributed by atoms with Crippen LogP contribution in [0.2, 0.25) is 0 Å². The van der Waals surface area contributed by atoms with Gasteiger partial charge >= 0.3 is 0 Å². The van der Waals surface area contributed by atoms with Crippen LogP contribution in [-0.2, 0) is 11.3 Å². The van der Waals surface area contributed by atoms with Crippen LogP contribution >= 0.6 is 11.3 Å². The molecule has 0 bridgehead atoms. The number of carbonyl (C=O) groups excluding carboxylic acids is 1. The largest absolute Gasteiger partial charge is 0.378 e. The number of carbonyl (C=O) groups is 1. The Morgan fingerprint density at radius 2 is 1.90 bits per heavy atom. The maximum Gasteiger partial charge on any atom is 0.263 e. The molecule has 0 spiro atoms. The number of hydrogen-bond acceptors (Lipinski definition) is 7. The number of rotatable bonds is 5. The first-order chi connectivity index (χ1) is 14.1. The van der Waals surface area contributed by atoms with Crippen molar-refractivity contribution in [2.75, 3.05) is 31.2 Å². The second-order valence-corrected chi connectivity index (χ2v) is 7.88. The molecule has 0 unspecified atom stereocenters. The lowest BCUT2D eigenvalue weighted by Gasteiger charge is -2.27.